The molecule has 0 aliphatic heterocycles. The van der Waals surface area contributed by atoms with E-state index in [0.29, 0.717) is 10.3 Å². The van der Waals surface area contributed by atoms with Gasteiger partial charge in [0.05, 0.1) is 12.8 Å². The quantitative estimate of drug-likeness (QED) is 0.882. The molecule has 6 heteroatoms. The van der Waals surface area contributed by atoms with Gasteiger partial charge in [-0.2, -0.15) is 0 Å². The van der Waals surface area contributed by atoms with Crippen LogP contribution in [-0.2, 0) is 0 Å². The number of amides is 1. The maximum absolute atomic E-state index is 13.0. The van der Waals surface area contributed by atoms with Crippen LogP contribution in [0.3, 0.4) is 0 Å². The van der Waals surface area contributed by atoms with Crippen LogP contribution in [0.25, 0.3) is 0 Å². The number of pyridine rings is 1. The number of hydrogen-bond donors (Lipinski definition) is 1. The highest BCUT2D eigenvalue weighted by molar-refractivity contribution is 9.10. The van der Waals surface area contributed by atoms with Gasteiger partial charge in [0.1, 0.15) is 21.9 Å². The molecule has 98 valence electrons. The van der Waals surface area contributed by atoms with Crippen molar-refractivity contribution >= 4 is 27.5 Å². The van der Waals surface area contributed by atoms with Crippen molar-refractivity contribution in [2.24, 2.45) is 0 Å². The number of anilines is 1. The van der Waals surface area contributed by atoms with E-state index in [1.807, 2.05) is 0 Å². The smallest absolute Gasteiger partial charge is 0.274 e. The number of nitrogens with one attached hydrogen (secondary N) is 1. The van der Waals surface area contributed by atoms with E-state index < -0.39 is 11.7 Å². The lowest BCUT2D eigenvalue weighted by Crippen LogP contribution is -2.14. The van der Waals surface area contributed by atoms with Gasteiger partial charge in [0.2, 0.25) is 0 Å². The van der Waals surface area contributed by atoms with Crippen molar-refractivity contribution in [3.63, 3.8) is 0 Å². The van der Waals surface area contributed by atoms with Crippen LogP contribution in [0, 0.1) is 5.82 Å². The number of nitrogens with zero attached hydrogens (tertiary/aromatic N) is 1. The van der Waals surface area contributed by atoms with Crippen LogP contribution >= 0.6 is 15.9 Å². The van der Waals surface area contributed by atoms with Gasteiger partial charge in [-0.05, 0) is 40.2 Å². The molecule has 1 heterocycles. The van der Waals surface area contributed by atoms with E-state index in [0.717, 1.165) is 0 Å². The third-order valence-corrected chi connectivity index (χ3v) is 2.80. The maximum Gasteiger partial charge on any atom is 0.274 e. The molecule has 1 amide bonds. The summed E-state index contributed by atoms with van der Waals surface area (Å²) in [7, 11) is 1.40. The monoisotopic (exact) mass is 324 g/mol. The summed E-state index contributed by atoms with van der Waals surface area (Å²) in [5.41, 5.74) is 0.636. The molecular weight excluding hydrogens is 315 g/mol. The largest absolute Gasteiger partial charge is 0.494 e. The summed E-state index contributed by atoms with van der Waals surface area (Å²) in [4.78, 5) is 16.0. The summed E-state index contributed by atoms with van der Waals surface area (Å²) < 4.78 is 18.6. The zero-order valence-electron chi connectivity index (χ0n) is 9.98. The number of carbonyl (C=O) groups is 1. The molecule has 0 atom stereocenters. The molecule has 0 radical (unpaired) electrons. The number of rotatable bonds is 3. The molecular formula is C13H10BrFN2O2. The summed E-state index contributed by atoms with van der Waals surface area (Å²) in [6.45, 7) is 0. The standard InChI is InChI=1S/C13H10BrFN2O2/c1-19-11-7-8(15)5-6-9(11)17-13(18)10-3-2-4-12(14)16-10/h2-7H,1H3,(H,17,18). The Morgan fingerprint density at radius 3 is 2.84 bits per heavy atom. The molecule has 4 nitrogen and oxygen atoms in total. The molecule has 1 aromatic carbocycles. The van der Waals surface area contributed by atoms with Crippen LogP contribution in [0.4, 0.5) is 10.1 Å². The Bertz CT molecular complexity index is 619. The van der Waals surface area contributed by atoms with Gasteiger partial charge in [0.25, 0.3) is 5.91 Å². The fourth-order valence-corrected chi connectivity index (χ4v) is 1.83. The average molecular weight is 325 g/mol. The number of halogens is 2. The average Bonchev–Trinajstić information content (AvgIpc) is 2.40. The van der Waals surface area contributed by atoms with Crippen LogP contribution < -0.4 is 10.1 Å². The number of carbonyl (C=O) groups excluding carboxylic acids is 1. The van der Waals surface area contributed by atoms with Crippen molar-refractivity contribution < 1.29 is 13.9 Å². The highest BCUT2D eigenvalue weighted by Crippen LogP contribution is 2.25. The number of methoxy groups -OCH3 is 1. The Hall–Kier alpha value is -1.95. The molecule has 1 N–H and O–H groups in total. The number of benzene rings is 1. The van der Waals surface area contributed by atoms with E-state index >= 15 is 0 Å². The van der Waals surface area contributed by atoms with E-state index in [1.54, 1.807) is 18.2 Å². The van der Waals surface area contributed by atoms with Crippen molar-refractivity contribution in [2.75, 3.05) is 12.4 Å². The van der Waals surface area contributed by atoms with Crippen LogP contribution in [-0.4, -0.2) is 18.0 Å². The molecule has 0 bridgehead atoms. The molecule has 19 heavy (non-hydrogen) atoms. The zero-order chi connectivity index (χ0) is 13.8. The van der Waals surface area contributed by atoms with Crippen LogP contribution in [0.1, 0.15) is 10.5 Å². The predicted molar refractivity (Wildman–Crippen MR) is 72.8 cm³/mol. The van der Waals surface area contributed by atoms with Gasteiger partial charge in [-0.15, -0.1) is 0 Å². The lowest BCUT2D eigenvalue weighted by molar-refractivity contribution is 0.102. The molecule has 1 aromatic heterocycles. The summed E-state index contributed by atoms with van der Waals surface area (Å²) >= 11 is 3.19. The van der Waals surface area contributed by atoms with Crippen LogP contribution in [0.2, 0.25) is 0 Å². The topological polar surface area (TPSA) is 51.2 Å². The van der Waals surface area contributed by atoms with E-state index in [2.05, 4.69) is 26.2 Å². The Morgan fingerprint density at radius 2 is 2.16 bits per heavy atom. The van der Waals surface area contributed by atoms with Gasteiger partial charge >= 0.3 is 0 Å². The SMILES string of the molecule is COc1cc(F)ccc1NC(=O)c1cccc(Br)n1. The molecule has 0 saturated carbocycles. The number of aromatic nitrogens is 1. The molecule has 2 aromatic rings. The van der Waals surface area contributed by atoms with Crippen LogP contribution in [0.5, 0.6) is 5.75 Å². The second-order valence-corrected chi connectivity index (χ2v) is 4.46. The summed E-state index contributed by atoms with van der Waals surface area (Å²) in [6.07, 6.45) is 0. The summed E-state index contributed by atoms with van der Waals surface area (Å²) in [5, 5.41) is 2.62. The maximum atomic E-state index is 13.0. The molecule has 0 aliphatic carbocycles. The minimum atomic E-state index is -0.435. The lowest BCUT2D eigenvalue weighted by Gasteiger charge is -2.09. The van der Waals surface area contributed by atoms with Crippen molar-refractivity contribution in [3.05, 3.63) is 52.5 Å². The Kier molecular flexibility index (Phi) is 4.11. The van der Waals surface area contributed by atoms with E-state index in [4.69, 9.17) is 4.74 Å². The number of ether oxygens (including phenoxy) is 1. The molecule has 0 unspecified atom stereocenters. The number of hydrogen-bond acceptors (Lipinski definition) is 3. The Labute approximate surface area is 117 Å². The van der Waals surface area contributed by atoms with Gasteiger partial charge in [0.15, 0.2) is 0 Å². The molecule has 0 saturated heterocycles. The Balaban J connectivity index is 2.24. The molecule has 0 spiro atoms. The summed E-state index contributed by atoms with van der Waals surface area (Å²) in [5.74, 6) is -0.579. The van der Waals surface area contributed by atoms with E-state index in [-0.39, 0.29) is 11.4 Å². The second-order valence-electron chi connectivity index (χ2n) is 3.64. The van der Waals surface area contributed by atoms with Crippen molar-refractivity contribution in [2.45, 2.75) is 0 Å². The minimum Gasteiger partial charge on any atom is -0.494 e. The van der Waals surface area contributed by atoms with Crippen molar-refractivity contribution in [1.82, 2.24) is 4.98 Å². The van der Waals surface area contributed by atoms with Gasteiger partial charge in [-0.1, -0.05) is 6.07 Å². The van der Waals surface area contributed by atoms with Gasteiger partial charge in [0, 0.05) is 6.07 Å². The van der Waals surface area contributed by atoms with Gasteiger partial charge in [-0.3, -0.25) is 4.79 Å². The molecule has 0 aliphatic rings. The zero-order valence-corrected chi connectivity index (χ0v) is 11.6. The third-order valence-electron chi connectivity index (χ3n) is 2.36. The van der Waals surface area contributed by atoms with E-state index in [1.165, 1.54) is 25.3 Å². The fourth-order valence-electron chi connectivity index (χ4n) is 1.49. The first-order valence-electron chi connectivity index (χ1n) is 5.37. The minimum absolute atomic E-state index is 0.251. The Morgan fingerprint density at radius 1 is 1.37 bits per heavy atom. The first-order valence-corrected chi connectivity index (χ1v) is 6.17. The molecule has 2 rings (SSSR count). The fraction of sp³-hybridized carbons (Fsp3) is 0.0769. The van der Waals surface area contributed by atoms with Crippen LogP contribution in [0.15, 0.2) is 41.0 Å². The lowest BCUT2D eigenvalue weighted by atomic mass is 10.2. The van der Waals surface area contributed by atoms with E-state index in [9.17, 15) is 9.18 Å². The summed E-state index contributed by atoms with van der Waals surface area (Å²) in [6, 6.07) is 8.87. The third kappa shape index (κ3) is 3.29. The highest BCUT2D eigenvalue weighted by Gasteiger charge is 2.11. The van der Waals surface area contributed by atoms with Crippen molar-refractivity contribution in [3.8, 4) is 5.75 Å². The second kappa shape index (κ2) is 5.79. The first-order chi connectivity index (χ1) is 9.10. The normalized spacial score (nSPS) is 10.1. The van der Waals surface area contributed by atoms with Gasteiger partial charge in [-0.25, -0.2) is 9.37 Å². The predicted octanol–water partition coefficient (Wildman–Crippen LogP) is 3.24. The molecule has 0 fully saturated rings. The highest BCUT2D eigenvalue weighted by atomic mass is 79.9. The van der Waals surface area contributed by atoms with Crippen molar-refractivity contribution in [1.29, 1.82) is 0 Å². The van der Waals surface area contributed by atoms with Gasteiger partial charge < -0.3 is 10.1 Å². The first kappa shape index (κ1) is 13.5.